The topological polar surface area (TPSA) is 38.8 Å². The van der Waals surface area contributed by atoms with Crippen molar-refractivity contribution in [2.45, 2.75) is 12.6 Å². The minimum absolute atomic E-state index is 0.117. The van der Waals surface area contributed by atoms with Crippen LogP contribution in [0.2, 0.25) is 0 Å². The molecule has 0 radical (unpaired) electrons. The summed E-state index contributed by atoms with van der Waals surface area (Å²) in [6.45, 7) is 4.24. The number of nitrogens with zero attached hydrogens (tertiary/aromatic N) is 1. The van der Waals surface area contributed by atoms with Gasteiger partial charge in [-0.05, 0) is 23.8 Å². The average Bonchev–Trinajstić information content (AvgIpc) is 2.69. The van der Waals surface area contributed by atoms with Crippen LogP contribution in [0.3, 0.4) is 0 Å². The second-order valence-corrected chi connectivity index (χ2v) is 6.60. The summed E-state index contributed by atoms with van der Waals surface area (Å²) in [5.74, 6) is 0.175. The van der Waals surface area contributed by atoms with Crippen LogP contribution in [0.25, 0.3) is 0 Å². The van der Waals surface area contributed by atoms with Crippen molar-refractivity contribution >= 4 is 5.78 Å². The molecule has 0 aliphatic carbocycles. The van der Waals surface area contributed by atoms with Gasteiger partial charge in [-0.3, -0.25) is 9.69 Å². The number of ketones is 1. The van der Waals surface area contributed by atoms with Gasteiger partial charge in [0.1, 0.15) is 12.4 Å². The molecule has 0 atom stereocenters. The molecule has 3 rings (SSSR count). The quantitative estimate of drug-likeness (QED) is 0.670. The Kier molecular flexibility index (Phi) is 6.70. The van der Waals surface area contributed by atoms with E-state index in [0.717, 1.165) is 31.8 Å². The summed E-state index contributed by atoms with van der Waals surface area (Å²) in [6.07, 6.45) is -4.55. The zero-order valence-corrected chi connectivity index (χ0v) is 15.4. The third-order valence-electron chi connectivity index (χ3n) is 4.58. The zero-order chi connectivity index (χ0) is 20.0. The first-order chi connectivity index (χ1) is 13.4. The molecule has 1 aliphatic rings. The molecule has 0 spiro atoms. The molecular formula is C21H22F3NO3. The summed E-state index contributed by atoms with van der Waals surface area (Å²) in [5, 5.41) is 0. The fourth-order valence-electron chi connectivity index (χ4n) is 3.07. The van der Waals surface area contributed by atoms with E-state index in [1.165, 1.54) is 12.1 Å². The summed E-state index contributed by atoms with van der Waals surface area (Å²) < 4.78 is 49.7. The van der Waals surface area contributed by atoms with E-state index >= 15 is 0 Å². The largest absolute Gasteiger partial charge is 0.491 e. The van der Waals surface area contributed by atoms with Crippen LogP contribution >= 0.6 is 0 Å². The van der Waals surface area contributed by atoms with Crippen molar-refractivity contribution in [3.05, 3.63) is 65.2 Å². The summed E-state index contributed by atoms with van der Waals surface area (Å²) in [6, 6.07) is 11.7. The molecule has 0 unspecified atom stereocenters. The molecule has 0 aromatic heterocycles. The van der Waals surface area contributed by atoms with E-state index in [4.69, 9.17) is 9.47 Å². The van der Waals surface area contributed by atoms with Crippen molar-refractivity contribution in [2.24, 2.45) is 0 Å². The van der Waals surface area contributed by atoms with Crippen molar-refractivity contribution in [1.29, 1.82) is 0 Å². The Bertz CT molecular complexity index is 801. The molecule has 0 saturated carbocycles. The lowest BCUT2D eigenvalue weighted by molar-refractivity contribution is -0.137. The molecule has 28 heavy (non-hydrogen) atoms. The Morgan fingerprint density at radius 2 is 1.82 bits per heavy atom. The number of carbonyl (C=O) groups excluding carboxylic acids is 1. The predicted octanol–water partition coefficient (Wildman–Crippen LogP) is 3.84. The third kappa shape index (κ3) is 5.56. The van der Waals surface area contributed by atoms with Crippen LogP contribution in [0.4, 0.5) is 13.2 Å². The number of rotatable bonds is 7. The molecule has 4 nitrogen and oxygen atoms in total. The number of Topliss-reactive ketones (excluding diaryl/α,β-unsaturated/α-hetero) is 1. The lowest BCUT2D eigenvalue weighted by Gasteiger charge is -2.26. The fraction of sp³-hybridized carbons (Fsp3) is 0.381. The molecule has 0 amide bonds. The lowest BCUT2D eigenvalue weighted by atomic mass is 10.0. The van der Waals surface area contributed by atoms with Crippen molar-refractivity contribution in [2.75, 3.05) is 39.5 Å². The smallest absolute Gasteiger partial charge is 0.416 e. The van der Waals surface area contributed by atoms with Gasteiger partial charge in [-0.1, -0.05) is 30.3 Å². The van der Waals surface area contributed by atoms with E-state index < -0.39 is 11.7 Å². The van der Waals surface area contributed by atoms with Gasteiger partial charge in [-0.2, -0.15) is 13.2 Å². The van der Waals surface area contributed by atoms with Crippen LogP contribution < -0.4 is 4.74 Å². The van der Waals surface area contributed by atoms with Crippen LogP contribution in [-0.4, -0.2) is 50.1 Å². The Balaban J connectivity index is 1.64. The molecule has 1 aliphatic heterocycles. The number of morpholine rings is 1. The number of benzene rings is 2. The Morgan fingerprint density at radius 1 is 1.07 bits per heavy atom. The number of hydrogen-bond donors (Lipinski definition) is 0. The molecule has 0 bridgehead atoms. The van der Waals surface area contributed by atoms with Crippen molar-refractivity contribution in [3.8, 4) is 5.75 Å². The maximum absolute atomic E-state index is 12.9. The highest BCUT2D eigenvalue weighted by Crippen LogP contribution is 2.30. The van der Waals surface area contributed by atoms with Crippen LogP contribution in [0, 0.1) is 0 Å². The second-order valence-electron chi connectivity index (χ2n) is 6.60. The minimum Gasteiger partial charge on any atom is -0.491 e. The molecule has 1 heterocycles. The highest BCUT2D eigenvalue weighted by Gasteiger charge is 2.30. The predicted molar refractivity (Wildman–Crippen MR) is 98.7 cm³/mol. The van der Waals surface area contributed by atoms with E-state index in [1.807, 2.05) is 0 Å². The maximum atomic E-state index is 12.9. The standard InChI is InChI=1S/C21H22F3NO3/c22-21(23,24)17-5-3-4-16(14-17)15-19(26)18-6-1-2-7-20(18)28-13-10-25-8-11-27-12-9-25/h1-7,14H,8-13,15H2. The minimum atomic E-state index is -4.43. The van der Waals surface area contributed by atoms with Gasteiger partial charge in [0.05, 0.1) is 24.3 Å². The highest BCUT2D eigenvalue weighted by molar-refractivity contribution is 5.99. The van der Waals surface area contributed by atoms with E-state index in [0.29, 0.717) is 36.7 Å². The average molecular weight is 393 g/mol. The fourth-order valence-corrected chi connectivity index (χ4v) is 3.07. The number of halogens is 3. The SMILES string of the molecule is O=C(Cc1cccc(C(F)(F)F)c1)c1ccccc1OCCN1CCOCC1. The van der Waals surface area contributed by atoms with Crippen molar-refractivity contribution < 1.29 is 27.4 Å². The number of ether oxygens (including phenoxy) is 2. The van der Waals surface area contributed by atoms with Crippen LogP contribution in [-0.2, 0) is 17.3 Å². The van der Waals surface area contributed by atoms with Gasteiger partial charge in [-0.15, -0.1) is 0 Å². The molecule has 7 heteroatoms. The molecule has 0 N–H and O–H groups in total. The second kappa shape index (κ2) is 9.21. The Labute approximate surface area is 161 Å². The summed E-state index contributed by atoms with van der Waals surface area (Å²) >= 11 is 0. The first-order valence-electron chi connectivity index (χ1n) is 9.15. The summed E-state index contributed by atoms with van der Waals surface area (Å²) in [5.41, 5.74) is -0.0577. The van der Waals surface area contributed by atoms with Crippen LogP contribution in [0.15, 0.2) is 48.5 Å². The van der Waals surface area contributed by atoms with Crippen LogP contribution in [0.1, 0.15) is 21.5 Å². The number of para-hydroxylation sites is 1. The Morgan fingerprint density at radius 3 is 2.57 bits per heavy atom. The maximum Gasteiger partial charge on any atom is 0.416 e. The molecular weight excluding hydrogens is 371 g/mol. The molecule has 150 valence electrons. The lowest BCUT2D eigenvalue weighted by Crippen LogP contribution is -2.38. The van der Waals surface area contributed by atoms with Crippen molar-refractivity contribution in [3.63, 3.8) is 0 Å². The van der Waals surface area contributed by atoms with Gasteiger partial charge >= 0.3 is 6.18 Å². The van der Waals surface area contributed by atoms with E-state index in [-0.39, 0.29) is 12.2 Å². The van der Waals surface area contributed by atoms with Gasteiger partial charge in [0.15, 0.2) is 5.78 Å². The normalized spacial score (nSPS) is 15.4. The first kappa shape index (κ1) is 20.4. The van der Waals surface area contributed by atoms with E-state index in [2.05, 4.69) is 4.90 Å². The molecule has 2 aromatic rings. The molecule has 1 saturated heterocycles. The van der Waals surface area contributed by atoms with Gasteiger partial charge in [0.25, 0.3) is 0 Å². The Hall–Kier alpha value is -2.38. The third-order valence-corrected chi connectivity index (χ3v) is 4.58. The molecule has 2 aromatic carbocycles. The highest BCUT2D eigenvalue weighted by atomic mass is 19.4. The van der Waals surface area contributed by atoms with Gasteiger partial charge in [0.2, 0.25) is 0 Å². The first-order valence-corrected chi connectivity index (χ1v) is 9.15. The van der Waals surface area contributed by atoms with Crippen LogP contribution in [0.5, 0.6) is 5.75 Å². The number of alkyl halides is 3. The summed E-state index contributed by atoms with van der Waals surface area (Å²) in [7, 11) is 0. The number of carbonyl (C=O) groups is 1. The number of hydrogen-bond acceptors (Lipinski definition) is 4. The monoisotopic (exact) mass is 393 g/mol. The van der Waals surface area contributed by atoms with Gasteiger partial charge in [0, 0.05) is 26.1 Å². The van der Waals surface area contributed by atoms with Crippen molar-refractivity contribution in [1.82, 2.24) is 4.90 Å². The zero-order valence-electron chi connectivity index (χ0n) is 15.4. The van der Waals surface area contributed by atoms with E-state index in [9.17, 15) is 18.0 Å². The van der Waals surface area contributed by atoms with Gasteiger partial charge in [-0.25, -0.2) is 0 Å². The summed E-state index contributed by atoms with van der Waals surface area (Å²) in [4.78, 5) is 14.9. The molecule has 1 fully saturated rings. The van der Waals surface area contributed by atoms with Gasteiger partial charge < -0.3 is 9.47 Å². The van der Waals surface area contributed by atoms with E-state index in [1.54, 1.807) is 24.3 Å².